The lowest BCUT2D eigenvalue weighted by Crippen LogP contribution is -2.08. The van der Waals surface area contributed by atoms with Crippen LogP contribution in [0.1, 0.15) is 30.0 Å². The number of nitrogens with two attached hydrogens (primary N) is 1. The van der Waals surface area contributed by atoms with Gasteiger partial charge in [-0.05, 0) is 29.7 Å². The molecule has 0 aromatic heterocycles. The van der Waals surface area contributed by atoms with Crippen molar-refractivity contribution in [2.45, 2.75) is 32.5 Å². The van der Waals surface area contributed by atoms with Gasteiger partial charge in [0.05, 0.1) is 5.56 Å². The fraction of sp³-hybridized carbons (Fsp3) is 0.455. The first-order chi connectivity index (χ1) is 6.99. The van der Waals surface area contributed by atoms with Crippen molar-refractivity contribution in [1.29, 1.82) is 0 Å². The molecular weight excluding hydrogens is 203 g/mol. The average molecular weight is 217 g/mol. The maximum absolute atomic E-state index is 12.4. The molecule has 15 heavy (non-hydrogen) atoms. The lowest BCUT2D eigenvalue weighted by Gasteiger charge is -2.11. The molecule has 0 aliphatic rings. The molecule has 0 heterocycles. The Hall–Kier alpha value is -1.03. The lowest BCUT2D eigenvalue weighted by molar-refractivity contribution is -0.137. The van der Waals surface area contributed by atoms with Crippen LogP contribution in [0.3, 0.4) is 0 Å². The van der Waals surface area contributed by atoms with Gasteiger partial charge < -0.3 is 5.73 Å². The Labute approximate surface area is 87.1 Å². The van der Waals surface area contributed by atoms with Crippen LogP contribution in [-0.2, 0) is 19.1 Å². The zero-order valence-electron chi connectivity index (χ0n) is 8.56. The molecule has 0 radical (unpaired) electrons. The molecule has 0 saturated carbocycles. The summed E-state index contributed by atoms with van der Waals surface area (Å²) in [5.41, 5.74) is 6.36. The van der Waals surface area contributed by atoms with E-state index < -0.39 is 11.7 Å². The smallest absolute Gasteiger partial charge is 0.326 e. The van der Waals surface area contributed by atoms with Crippen LogP contribution in [-0.4, -0.2) is 0 Å². The summed E-state index contributed by atoms with van der Waals surface area (Å²) in [6.45, 7) is 2.22. The van der Waals surface area contributed by atoms with Gasteiger partial charge in [0.1, 0.15) is 0 Å². The molecule has 0 bridgehead atoms. The summed E-state index contributed by atoms with van der Waals surface area (Å²) in [7, 11) is 0. The van der Waals surface area contributed by atoms with E-state index in [9.17, 15) is 13.2 Å². The minimum Gasteiger partial charge on any atom is -0.326 e. The first-order valence-electron chi connectivity index (χ1n) is 4.88. The molecule has 4 heteroatoms. The van der Waals surface area contributed by atoms with Gasteiger partial charge in [-0.1, -0.05) is 19.4 Å². The monoisotopic (exact) mass is 217 g/mol. The summed E-state index contributed by atoms with van der Waals surface area (Å²) in [5, 5.41) is 0. The summed E-state index contributed by atoms with van der Waals surface area (Å²) < 4.78 is 37.2. The van der Waals surface area contributed by atoms with E-state index in [4.69, 9.17) is 5.73 Å². The fourth-order valence-corrected chi connectivity index (χ4v) is 1.50. The second-order valence-electron chi connectivity index (χ2n) is 3.44. The van der Waals surface area contributed by atoms with E-state index in [1.807, 2.05) is 6.92 Å². The summed E-state index contributed by atoms with van der Waals surface area (Å²) in [6, 6.07) is 3.75. The van der Waals surface area contributed by atoms with Crippen LogP contribution in [0.25, 0.3) is 0 Å². The van der Waals surface area contributed by atoms with Crippen molar-refractivity contribution < 1.29 is 13.2 Å². The van der Waals surface area contributed by atoms with Crippen molar-refractivity contribution in [1.82, 2.24) is 0 Å². The first kappa shape index (κ1) is 12.0. The Kier molecular flexibility index (Phi) is 3.74. The standard InChI is InChI=1S/C11H14F3N/c1-2-3-8-6-10(11(12,13)14)5-4-9(8)7-15/h4-6H,2-3,7,15H2,1H3. The van der Waals surface area contributed by atoms with Gasteiger partial charge in [0.2, 0.25) is 0 Å². The minimum absolute atomic E-state index is 0.285. The Bertz CT molecular complexity index is 331. The molecule has 0 amide bonds. The highest BCUT2D eigenvalue weighted by atomic mass is 19.4. The first-order valence-corrected chi connectivity index (χ1v) is 4.88. The third-order valence-electron chi connectivity index (χ3n) is 2.27. The molecule has 1 aromatic carbocycles. The van der Waals surface area contributed by atoms with Gasteiger partial charge in [-0.25, -0.2) is 0 Å². The van der Waals surface area contributed by atoms with Crippen LogP contribution >= 0.6 is 0 Å². The maximum Gasteiger partial charge on any atom is 0.416 e. The van der Waals surface area contributed by atoms with Crippen molar-refractivity contribution in [2.75, 3.05) is 0 Å². The maximum atomic E-state index is 12.4. The predicted molar refractivity (Wildman–Crippen MR) is 53.3 cm³/mol. The normalized spacial score (nSPS) is 11.8. The zero-order chi connectivity index (χ0) is 11.5. The van der Waals surface area contributed by atoms with Crippen molar-refractivity contribution in [2.24, 2.45) is 5.73 Å². The predicted octanol–water partition coefficient (Wildman–Crippen LogP) is 3.12. The summed E-state index contributed by atoms with van der Waals surface area (Å²) in [6.07, 6.45) is -2.82. The average Bonchev–Trinajstić information content (AvgIpc) is 2.17. The van der Waals surface area contributed by atoms with Gasteiger partial charge in [-0.3, -0.25) is 0 Å². The number of halogens is 3. The Morgan fingerprint density at radius 2 is 1.87 bits per heavy atom. The largest absolute Gasteiger partial charge is 0.416 e. The third-order valence-corrected chi connectivity index (χ3v) is 2.27. The zero-order valence-corrected chi connectivity index (χ0v) is 8.56. The highest BCUT2D eigenvalue weighted by molar-refractivity contribution is 5.33. The van der Waals surface area contributed by atoms with Crippen LogP contribution in [0.2, 0.25) is 0 Å². The fourth-order valence-electron chi connectivity index (χ4n) is 1.50. The molecule has 1 rings (SSSR count). The van der Waals surface area contributed by atoms with Crippen LogP contribution in [0.4, 0.5) is 13.2 Å². The van der Waals surface area contributed by atoms with Crippen LogP contribution in [0.15, 0.2) is 18.2 Å². The second kappa shape index (κ2) is 4.66. The van der Waals surface area contributed by atoms with E-state index in [1.54, 1.807) is 0 Å². The number of aryl methyl sites for hydroxylation is 1. The molecule has 0 aliphatic carbocycles. The van der Waals surface area contributed by atoms with Gasteiger partial charge in [0.25, 0.3) is 0 Å². The van der Waals surface area contributed by atoms with Gasteiger partial charge in [-0.2, -0.15) is 13.2 Å². The second-order valence-corrected chi connectivity index (χ2v) is 3.44. The van der Waals surface area contributed by atoms with E-state index in [0.29, 0.717) is 12.0 Å². The van der Waals surface area contributed by atoms with Crippen molar-refractivity contribution in [3.63, 3.8) is 0 Å². The molecule has 84 valence electrons. The number of benzene rings is 1. The lowest BCUT2D eigenvalue weighted by atomic mass is 10.00. The summed E-state index contributed by atoms with van der Waals surface area (Å²) >= 11 is 0. The molecular formula is C11H14F3N. The van der Waals surface area contributed by atoms with Gasteiger partial charge in [0, 0.05) is 6.54 Å². The van der Waals surface area contributed by atoms with Crippen LogP contribution in [0, 0.1) is 0 Å². The molecule has 0 spiro atoms. The van der Waals surface area contributed by atoms with Gasteiger partial charge in [0.15, 0.2) is 0 Å². The molecule has 0 atom stereocenters. The number of hydrogen-bond acceptors (Lipinski definition) is 1. The Morgan fingerprint density at radius 1 is 1.20 bits per heavy atom. The van der Waals surface area contributed by atoms with Crippen LogP contribution < -0.4 is 5.73 Å². The van der Waals surface area contributed by atoms with E-state index >= 15 is 0 Å². The molecule has 0 saturated heterocycles. The van der Waals surface area contributed by atoms with Gasteiger partial charge in [-0.15, -0.1) is 0 Å². The Balaban J connectivity index is 3.10. The van der Waals surface area contributed by atoms with Crippen molar-refractivity contribution in [3.8, 4) is 0 Å². The van der Waals surface area contributed by atoms with Crippen molar-refractivity contribution >= 4 is 0 Å². The molecule has 2 N–H and O–H groups in total. The highest BCUT2D eigenvalue weighted by Gasteiger charge is 2.30. The summed E-state index contributed by atoms with van der Waals surface area (Å²) in [4.78, 5) is 0. The molecule has 0 fully saturated rings. The van der Waals surface area contributed by atoms with E-state index in [0.717, 1.165) is 18.1 Å². The van der Waals surface area contributed by atoms with E-state index in [2.05, 4.69) is 0 Å². The summed E-state index contributed by atoms with van der Waals surface area (Å²) in [5.74, 6) is 0. The third kappa shape index (κ3) is 2.96. The number of hydrogen-bond donors (Lipinski definition) is 1. The molecule has 1 nitrogen and oxygen atoms in total. The quantitative estimate of drug-likeness (QED) is 0.827. The SMILES string of the molecule is CCCc1cc(C(F)(F)F)ccc1CN. The number of rotatable bonds is 3. The highest BCUT2D eigenvalue weighted by Crippen LogP contribution is 2.30. The molecule has 0 aliphatic heterocycles. The molecule has 1 aromatic rings. The molecule has 0 unspecified atom stereocenters. The van der Waals surface area contributed by atoms with E-state index in [1.165, 1.54) is 12.1 Å². The Morgan fingerprint density at radius 3 is 2.33 bits per heavy atom. The number of alkyl halides is 3. The van der Waals surface area contributed by atoms with Crippen molar-refractivity contribution in [3.05, 3.63) is 34.9 Å². The topological polar surface area (TPSA) is 26.0 Å². The van der Waals surface area contributed by atoms with Crippen LogP contribution in [0.5, 0.6) is 0 Å². The van der Waals surface area contributed by atoms with Gasteiger partial charge >= 0.3 is 6.18 Å². The minimum atomic E-state index is -4.27. The van der Waals surface area contributed by atoms with E-state index in [-0.39, 0.29) is 6.54 Å².